The molecule has 2 fully saturated rings. The molecule has 0 aromatic heterocycles. The molecule has 1 saturated carbocycles. The van der Waals surface area contributed by atoms with Gasteiger partial charge in [-0.25, -0.2) is 0 Å². The number of likely N-dealkylation sites (tertiary alicyclic amines) is 1. The molecule has 1 spiro atoms. The molecule has 0 radical (unpaired) electrons. The predicted molar refractivity (Wildman–Crippen MR) is 67.3 cm³/mol. The van der Waals surface area contributed by atoms with Gasteiger partial charge in [-0.05, 0) is 36.7 Å². The number of hydrogen-bond donors (Lipinski definition) is 0. The second kappa shape index (κ2) is 3.59. The highest BCUT2D eigenvalue weighted by atomic mass is 15.2. The van der Waals surface area contributed by atoms with Crippen molar-refractivity contribution in [3.8, 4) is 0 Å². The SMILES string of the molecule is CC1CN([C@H](C)c2ccccc2)CC12CC2. The normalized spacial score (nSPS) is 29.5. The summed E-state index contributed by atoms with van der Waals surface area (Å²) in [6, 6.07) is 11.5. The molecule has 1 saturated heterocycles. The van der Waals surface area contributed by atoms with E-state index in [1.54, 1.807) is 0 Å². The van der Waals surface area contributed by atoms with Gasteiger partial charge in [0.25, 0.3) is 0 Å². The molecule has 86 valence electrons. The van der Waals surface area contributed by atoms with Gasteiger partial charge in [0.05, 0.1) is 0 Å². The van der Waals surface area contributed by atoms with Gasteiger partial charge in [0.15, 0.2) is 0 Å². The average molecular weight is 215 g/mol. The third kappa shape index (κ3) is 1.58. The van der Waals surface area contributed by atoms with E-state index >= 15 is 0 Å². The van der Waals surface area contributed by atoms with Crippen LogP contribution < -0.4 is 0 Å². The lowest BCUT2D eigenvalue weighted by atomic mass is 9.95. The van der Waals surface area contributed by atoms with E-state index < -0.39 is 0 Å². The predicted octanol–water partition coefficient (Wildman–Crippen LogP) is 3.48. The first kappa shape index (κ1) is 10.3. The fourth-order valence-electron chi connectivity index (χ4n) is 3.22. The van der Waals surface area contributed by atoms with Crippen molar-refractivity contribution in [2.45, 2.75) is 32.7 Å². The molecule has 3 rings (SSSR count). The zero-order chi connectivity index (χ0) is 11.2. The first-order chi connectivity index (χ1) is 7.71. The van der Waals surface area contributed by atoms with E-state index in [1.165, 1.54) is 31.5 Å². The van der Waals surface area contributed by atoms with Crippen molar-refractivity contribution in [3.05, 3.63) is 35.9 Å². The first-order valence-electron chi connectivity index (χ1n) is 6.50. The van der Waals surface area contributed by atoms with E-state index in [0.29, 0.717) is 11.5 Å². The maximum atomic E-state index is 2.67. The van der Waals surface area contributed by atoms with Crippen molar-refractivity contribution in [1.82, 2.24) is 4.90 Å². The highest BCUT2D eigenvalue weighted by molar-refractivity contribution is 5.19. The van der Waals surface area contributed by atoms with Crippen molar-refractivity contribution in [2.24, 2.45) is 11.3 Å². The Morgan fingerprint density at radius 2 is 1.94 bits per heavy atom. The van der Waals surface area contributed by atoms with Gasteiger partial charge in [-0.15, -0.1) is 0 Å². The molecular weight excluding hydrogens is 194 g/mol. The molecule has 1 aromatic carbocycles. The van der Waals surface area contributed by atoms with Gasteiger partial charge < -0.3 is 0 Å². The number of nitrogens with zero attached hydrogens (tertiary/aromatic N) is 1. The summed E-state index contributed by atoms with van der Waals surface area (Å²) in [5.74, 6) is 0.902. The van der Waals surface area contributed by atoms with Crippen LogP contribution in [0.5, 0.6) is 0 Å². The van der Waals surface area contributed by atoms with Crippen LogP contribution in [0.2, 0.25) is 0 Å². The van der Waals surface area contributed by atoms with E-state index in [0.717, 1.165) is 5.92 Å². The Bertz CT molecular complexity index is 366. The molecule has 0 amide bonds. The molecule has 1 aromatic rings. The molecular formula is C15H21N. The van der Waals surface area contributed by atoms with Crippen LogP contribution in [0.4, 0.5) is 0 Å². The van der Waals surface area contributed by atoms with Crippen molar-refractivity contribution in [3.63, 3.8) is 0 Å². The summed E-state index contributed by atoms with van der Waals surface area (Å²) in [6.45, 7) is 7.40. The zero-order valence-electron chi connectivity index (χ0n) is 10.3. The van der Waals surface area contributed by atoms with Gasteiger partial charge in [-0.2, -0.15) is 0 Å². The minimum atomic E-state index is 0.587. The Hall–Kier alpha value is -0.820. The van der Waals surface area contributed by atoms with E-state index in [9.17, 15) is 0 Å². The summed E-state index contributed by atoms with van der Waals surface area (Å²) >= 11 is 0. The summed E-state index contributed by atoms with van der Waals surface area (Å²) in [6.07, 6.45) is 2.93. The molecule has 16 heavy (non-hydrogen) atoms. The monoisotopic (exact) mass is 215 g/mol. The van der Waals surface area contributed by atoms with E-state index in [4.69, 9.17) is 0 Å². The first-order valence-corrected chi connectivity index (χ1v) is 6.50. The highest BCUT2D eigenvalue weighted by Crippen LogP contribution is 2.57. The maximum Gasteiger partial charge on any atom is 0.0320 e. The zero-order valence-corrected chi connectivity index (χ0v) is 10.3. The molecule has 1 heterocycles. The van der Waals surface area contributed by atoms with Crippen LogP contribution in [0, 0.1) is 11.3 Å². The summed E-state index contributed by atoms with van der Waals surface area (Å²) in [7, 11) is 0. The van der Waals surface area contributed by atoms with Gasteiger partial charge in [-0.3, -0.25) is 4.90 Å². The van der Waals surface area contributed by atoms with Crippen molar-refractivity contribution >= 4 is 0 Å². The second-order valence-corrected chi connectivity index (χ2v) is 5.78. The molecule has 0 bridgehead atoms. The molecule has 2 aliphatic rings. The van der Waals surface area contributed by atoms with Crippen LogP contribution in [-0.4, -0.2) is 18.0 Å². The molecule has 1 heteroatoms. The Morgan fingerprint density at radius 1 is 1.25 bits per heavy atom. The smallest absolute Gasteiger partial charge is 0.0320 e. The molecule has 2 atom stereocenters. The highest BCUT2D eigenvalue weighted by Gasteiger charge is 2.53. The van der Waals surface area contributed by atoms with E-state index in [-0.39, 0.29) is 0 Å². The van der Waals surface area contributed by atoms with Crippen LogP contribution in [0.25, 0.3) is 0 Å². The number of benzene rings is 1. The van der Waals surface area contributed by atoms with Gasteiger partial charge in [0, 0.05) is 19.1 Å². The van der Waals surface area contributed by atoms with Gasteiger partial charge >= 0.3 is 0 Å². The van der Waals surface area contributed by atoms with Gasteiger partial charge in [0.2, 0.25) is 0 Å². The van der Waals surface area contributed by atoms with Crippen LogP contribution >= 0.6 is 0 Å². The third-order valence-corrected chi connectivity index (χ3v) is 4.79. The maximum absolute atomic E-state index is 2.67. The summed E-state index contributed by atoms with van der Waals surface area (Å²) in [5.41, 5.74) is 2.18. The fraction of sp³-hybridized carbons (Fsp3) is 0.600. The van der Waals surface area contributed by atoms with E-state index in [1.807, 2.05) is 0 Å². The minimum Gasteiger partial charge on any atom is -0.296 e. The summed E-state index contributed by atoms with van der Waals surface area (Å²) < 4.78 is 0. The average Bonchev–Trinajstić information content (AvgIpc) is 3.01. The lowest BCUT2D eigenvalue weighted by Crippen LogP contribution is -2.24. The third-order valence-electron chi connectivity index (χ3n) is 4.79. The summed E-state index contributed by atoms with van der Waals surface area (Å²) in [4.78, 5) is 2.67. The minimum absolute atomic E-state index is 0.587. The molecule has 0 N–H and O–H groups in total. The molecule has 1 nitrogen and oxygen atoms in total. The van der Waals surface area contributed by atoms with Crippen LogP contribution in [0.3, 0.4) is 0 Å². The van der Waals surface area contributed by atoms with Crippen molar-refractivity contribution in [1.29, 1.82) is 0 Å². The number of hydrogen-bond acceptors (Lipinski definition) is 1. The Morgan fingerprint density at radius 3 is 2.50 bits per heavy atom. The second-order valence-electron chi connectivity index (χ2n) is 5.78. The van der Waals surface area contributed by atoms with Crippen LogP contribution in [0.1, 0.15) is 38.3 Å². The Kier molecular flexibility index (Phi) is 2.32. The standard InChI is InChI=1S/C15H21N/c1-12-10-16(11-15(12)8-9-15)13(2)14-6-4-3-5-7-14/h3-7,12-13H,8-11H2,1-2H3/t12?,13-/m1/s1. The Labute approximate surface area is 98.5 Å². The molecule has 1 unspecified atom stereocenters. The number of rotatable bonds is 2. The molecule has 1 aliphatic heterocycles. The summed E-state index contributed by atoms with van der Waals surface area (Å²) in [5, 5.41) is 0. The Balaban J connectivity index is 1.75. The van der Waals surface area contributed by atoms with Crippen LogP contribution in [-0.2, 0) is 0 Å². The topological polar surface area (TPSA) is 3.24 Å². The largest absolute Gasteiger partial charge is 0.296 e. The van der Waals surface area contributed by atoms with Gasteiger partial charge in [-0.1, -0.05) is 37.3 Å². The van der Waals surface area contributed by atoms with Gasteiger partial charge in [0.1, 0.15) is 0 Å². The quantitative estimate of drug-likeness (QED) is 0.730. The van der Waals surface area contributed by atoms with Crippen molar-refractivity contribution in [2.75, 3.05) is 13.1 Å². The lowest BCUT2D eigenvalue weighted by Gasteiger charge is -2.24. The van der Waals surface area contributed by atoms with Crippen LogP contribution in [0.15, 0.2) is 30.3 Å². The van der Waals surface area contributed by atoms with E-state index in [2.05, 4.69) is 49.1 Å². The van der Waals surface area contributed by atoms with Crippen molar-refractivity contribution < 1.29 is 0 Å². The lowest BCUT2D eigenvalue weighted by molar-refractivity contribution is 0.248. The fourth-order valence-corrected chi connectivity index (χ4v) is 3.22. The molecule has 1 aliphatic carbocycles.